The molecule has 0 fully saturated rings. The van der Waals surface area contributed by atoms with Gasteiger partial charge in [0.2, 0.25) is 0 Å². The first-order valence-corrected chi connectivity index (χ1v) is 12.8. The molecule has 0 aliphatic rings. The number of amides is 1. The van der Waals surface area contributed by atoms with Crippen molar-refractivity contribution in [3.63, 3.8) is 0 Å². The van der Waals surface area contributed by atoms with Crippen LogP contribution in [0.1, 0.15) is 32.9 Å². The fourth-order valence-corrected chi connectivity index (χ4v) is 5.48. The zero-order valence-electron chi connectivity index (χ0n) is 18.6. The van der Waals surface area contributed by atoms with E-state index in [4.69, 9.17) is 0 Å². The average Bonchev–Trinajstić information content (AvgIpc) is 3.45. The molecule has 0 radical (unpaired) electrons. The largest absolute Gasteiger partial charge is 0.278 e. The van der Waals surface area contributed by atoms with E-state index in [2.05, 4.69) is 20.3 Å². The summed E-state index contributed by atoms with van der Waals surface area (Å²) >= 11 is 1.10. The molecule has 2 aromatic carbocycles. The van der Waals surface area contributed by atoms with Crippen molar-refractivity contribution >= 4 is 39.2 Å². The molecular formula is C24H23N5O3S2. The number of carbonyl (C=O) groups excluding carboxylic acids is 1. The molecular weight excluding hydrogens is 470 g/mol. The van der Waals surface area contributed by atoms with Crippen LogP contribution in [-0.2, 0) is 16.6 Å². The van der Waals surface area contributed by atoms with Crippen LogP contribution in [0.2, 0.25) is 0 Å². The highest BCUT2D eigenvalue weighted by molar-refractivity contribution is 7.94. The van der Waals surface area contributed by atoms with E-state index in [0.29, 0.717) is 6.54 Å². The summed E-state index contributed by atoms with van der Waals surface area (Å²) in [5.74, 6) is -0.535. The highest BCUT2D eigenvalue weighted by atomic mass is 32.2. The Morgan fingerprint density at radius 3 is 2.53 bits per heavy atom. The van der Waals surface area contributed by atoms with E-state index in [0.717, 1.165) is 33.9 Å². The van der Waals surface area contributed by atoms with Gasteiger partial charge in [0.1, 0.15) is 4.21 Å². The van der Waals surface area contributed by atoms with Gasteiger partial charge >= 0.3 is 0 Å². The van der Waals surface area contributed by atoms with Crippen LogP contribution in [0, 0.1) is 13.8 Å². The summed E-state index contributed by atoms with van der Waals surface area (Å²) in [4.78, 5) is 12.8. The van der Waals surface area contributed by atoms with E-state index in [1.165, 1.54) is 18.2 Å². The van der Waals surface area contributed by atoms with Gasteiger partial charge in [0, 0.05) is 11.3 Å². The van der Waals surface area contributed by atoms with Crippen LogP contribution in [0.5, 0.6) is 0 Å². The Hall–Kier alpha value is -3.76. The number of thiophene rings is 1. The number of sulfonamides is 1. The Labute approximate surface area is 202 Å². The molecule has 0 atom stereocenters. The molecule has 2 N–H and O–H groups in total. The van der Waals surface area contributed by atoms with Crippen molar-refractivity contribution in [1.82, 2.24) is 15.2 Å². The third kappa shape index (κ3) is 5.24. The van der Waals surface area contributed by atoms with E-state index in [9.17, 15) is 13.2 Å². The van der Waals surface area contributed by atoms with Crippen LogP contribution in [0.25, 0.3) is 0 Å². The van der Waals surface area contributed by atoms with Gasteiger partial charge < -0.3 is 0 Å². The third-order valence-corrected chi connectivity index (χ3v) is 7.91. The maximum Gasteiger partial charge on any atom is 0.273 e. The van der Waals surface area contributed by atoms with Gasteiger partial charge in [0.05, 0.1) is 29.7 Å². The number of para-hydroxylation sites is 1. The third-order valence-electron chi connectivity index (χ3n) is 5.15. The lowest BCUT2D eigenvalue weighted by atomic mass is 10.2. The summed E-state index contributed by atoms with van der Waals surface area (Å²) in [5, 5.41) is 10.3. The van der Waals surface area contributed by atoms with Crippen LogP contribution >= 0.6 is 11.3 Å². The Bertz CT molecular complexity index is 1430. The standard InChI is InChI=1S/C24H23N5O3S2/c1-17-21(18(2)29(27-17)16-19-9-4-3-5-10-19)15-25-26-24(30)20-11-6-7-12-22(20)28-34(31,32)23-13-8-14-33-23/h3-15,28H,16H2,1-2H3,(H,26,30)/b25-15+. The second-order valence-electron chi connectivity index (χ2n) is 7.51. The number of benzene rings is 2. The number of aryl methyl sites for hydroxylation is 1. The molecule has 0 aliphatic heterocycles. The van der Waals surface area contributed by atoms with Gasteiger partial charge in [0.15, 0.2) is 0 Å². The Morgan fingerprint density at radius 2 is 1.79 bits per heavy atom. The summed E-state index contributed by atoms with van der Waals surface area (Å²) in [6.45, 7) is 4.46. The van der Waals surface area contributed by atoms with Gasteiger partial charge in [-0.3, -0.25) is 14.2 Å². The summed E-state index contributed by atoms with van der Waals surface area (Å²) in [6, 6.07) is 19.5. The lowest BCUT2D eigenvalue weighted by Crippen LogP contribution is -2.21. The number of nitrogens with one attached hydrogen (secondary N) is 2. The molecule has 174 valence electrons. The number of rotatable bonds is 8. The van der Waals surface area contributed by atoms with Gasteiger partial charge in [0.25, 0.3) is 15.9 Å². The number of hydrogen-bond acceptors (Lipinski definition) is 6. The van der Waals surface area contributed by atoms with Crippen molar-refractivity contribution in [1.29, 1.82) is 0 Å². The summed E-state index contributed by atoms with van der Waals surface area (Å²) < 4.78 is 29.7. The Morgan fingerprint density at radius 1 is 1.06 bits per heavy atom. The predicted octanol–water partition coefficient (Wildman–Crippen LogP) is 4.17. The predicted molar refractivity (Wildman–Crippen MR) is 134 cm³/mol. The second-order valence-corrected chi connectivity index (χ2v) is 10.4. The molecule has 0 bridgehead atoms. The van der Waals surface area contributed by atoms with Gasteiger partial charge in [-0.05, 0) is 43.0 Å². The van der Waals surface area contributed by atoms with E-state index >= 15 is 0 Å². The van der Waals surface area contributed by atoms with Crippen LogP contribution in [0.15, 0.2) is 81.4 Å². The first kappa shape index (κ1) is 23.4. The lowest BCUT2D eigenvalue weighted by molar-refractivity contribution is 0.0956. The van der Waals surface area contributed by atoms with E-state index in [-0.39, 0.29) is 15.5 Å². The fraction of sp³-hybridized carbons (Fsp3) is 0.125. The first-order valence-electron chi connectivity index (χ1n) is 10.4. The highest BCUT2D eigenvalue weighted by Crippen LogP contribution is 2.23. The zero-order chi connectivity index (χ0) is 24.1. The van der Waals surface area contributed by atoms with Crippen LogP contribution in [0.4, 0.5) is 5.69 Å². The molecule has 4 rings (SSSR count). The molecule has 0 aliphatic carbocycles. The van der Waals surface area contributed by atoms with Crippen molar-refractivity contribution < 1.29 is 13.2 Å². The molecule has 4 aromatic rings. The number of anilines is 1. The summed E-state index contributed by atoms with van der Waals surface area (Å²) in [6.07, 6.45) is 1.55. The maximum absolute atomic E-state index is 12.8. The second kappa shape index (κ2) is 10.0. The van der Waals surface area contributed by atoms with Crippen molar-refractivity contribution in [2.45, 2.75) is 24.6 Å². The quantitative estimate of drug-likeness (QED) is 0.284. The summed E-state index contributed by atoms with van der Waals surface area (Å²) in [7, 11) is -3.78. The number of hydrogen-bond donors (Lipinski definition) is 2. The van der Waals surface area contributed by atoms with Crippen molar-refractivity contribution in [2.75, 3.05) is 4.72 Å². The molecule has 2 aromatic heterocycles. The van der Waals surface area contributed by atoms with Gasteiger partial charge in [-0.2, -0.15) is 10.2 Å². The number of aromatic nitrogens is 2. The lowest BCUT2D eigenvalue weighted by Gasteiger charge is -2.10. The van der Waals surface area contributed by atoms with Gasteiger partial charge in [-0.25, -0.2) is 13.8 Å². The zero-order valence-corrected chi connectivity index (χ0v) is 20.2. The summed E-state index contributed by atoms with van der Waals surface area (Å²) in [5.41, 5.74) is 6.46. The fourth-order valence-electron chi connectivity index (χ4n) is 3.41. The minimum Gasteiger partial charge on any atom is -0.278 e. The van der Waals surface area contributed by atoms with Crippen molar-refractivity contribution in [3.8, 4) is 0 Å². The smallest absolute Gasteiger partial charge is 0.273 e. The van der Waals surface area contributed by atoms with Crippen LogP contribution < -0.4 is 10.1 Å². The average molecular weight is 494 g/mol. The molecule has 0 saturated heterocycles. The van der Waals surface area contributed by atoms with Crippen LogP contribution in [-0.4, -0.2) is 30.3 Å². The topological polar surface area (TPSA) is 105 Å². The molecule has 34 heavy (non-hydrogen) atoms. The highest BCUT2D eigenvalue weighted by Gasteiger charge is 2.19. The monoisotopic (exact) mass is 493 g/mol. The Kier molecular flexibility index (Phi) is 6.90. The minimum absolute atomic E-state index is 0.160. The normalized spacial score (nSPS) is 11.6. The van der Waals surface area contributed by atoms with E-state index in [1.54, 1.807) is 29.8 Å². The minimum atomic E-state index is -3.78. The molecule has 0 unspecified atom stereocenters. The van der Waals surface area contributed by atoms with Crippen molar-refractivity contribution in [2.24, 2.45) is 5.10 Å². The van der Waals surface area contributed by atoms with Crippen molar-refractivity contribution in [3.05, 3.63) is 100 Å². The molecule has 8 nitrogen and oxygen atoms in total. The van der Waals surface area contributed by atoms with Gasteiger partial charge in [-0.1, -0.05) is 48.5 Å². The molecule has 1 amide bonds. The molecule has 2 heterocycles. The maximum atomic E-state index is 12.8. The van der Waals surface area contributed by atoms with E-state index in [1.807, 2.05) is 48.9 Å². The number of nitrogens with zero attached hydrogens (tertiary/aromatic N) is 3. The number of carbonyl (C=O) groups is 1. The Balaban J connectivity index is 1.48. The first-order chi connectivity index (χ1) is 16.3. The molecule has 0 spiro atoms. The number of hydrazone groups is 1. The molecule has 0 saturated carbocycles. The van der Waals surface area contributed by atoms with Crippen LogP contribution in [0.3, 0.4) is 0 Å². The van der Waals surface area contributed by atoms with Gasteiger partial charge in [-0.15, -0.1) is 11.3 Å². The van der Waals surface area contributed by atoms with E-state index < -0.39 is 15.9 Å². The SMILES string of the molecule is Cc1nn(Cc2ccccc2)c(C)c1/C=N/NC(=O)c1ccccc1NS(=O)(=O)c1cccs1. The molecule has 10 heteroatoms.